The molecule has 28 heavy (non-hydrogen) atoms. The van der Waals surface area contributed by atoms with Crippen molar-refractivity contribution in [1.82, 2.24) is 4.90 Å². The van der Waals surface area contributed by atoms with Crippen LogP contribution in [-0.4, -0.2) is 41.2 Å². The fourth-order valence-corrected chi connectivity index (χ4v) is 4.92. The van der Waals surface area contributed by atoms with Crippen molar-refractivity contribution in [2.75, 3.05) is 14.2 Å². The van der Waals surface area contributed by atoms with E-state index in [9.17, 15) is 14.7 Å². The molecule has 6 nitrogen and oxygen atoms in total. The lowest BCUT2D eigenvalue weighted by atomic mass is 10.2. The van der Waals surface area contributed by atoms with Crippen LogP contribution in [0.15, 0.2) is 50.8 Å². The molecule has 1 aliphatic heterocycles. The number of carbonyl (C=O) groups is 2. The number of aromatic hydroxyl groups is 1. The van der Waals surface area contributed by atoms with E-state index in [-0.39, 0.29) is 11.7 Å². The molecule has 0 radical (unpaired) electrons. The van der Waals surface area contributed by atoms with Crippen LogP contribution in [0, 0.1) is 3.57 Å². The normalized spacial score (nSPS) is 16.9. The molecule has 0 bridgehead atoms. The maximum Gasteiger partial charge on any atom is 0.337 e. The van der Waals surface area contributed by atoms with Gasteiger partial charge < -0.3 is 9.84 Å². The lowest BCUT2D eigenvalue weighted by molar-refractivity contribution is -0.121. The van der Waals surface area contributed by atoms with Crippen molar-refractivity contribution in [3.05, 3.63) is 60.5 Å². The summed E-state index contributed by atoms with van der Waals surface area (Å²) in [6.45, 7) is 0. The summed E-state index contributed by atoms with van der Waals surface area (Å²) < 4.78 is 6.17. The molecule has 3 rings (SSSR count). The second-order valence-corrected chi connectivity index (χ2v) is 8.82. The predicted octanol–water partition coefficient (Wildman–Crippen LogP) is 4.78. The van der Waals surface area contributed by atoms with E-state index in [1.165, 1.54) is 23.8 Å². The zero-order valence-corrected chi connectivity index (χ0v) is 19.3. The molecule has 2 aromatic carbocycles. The molecule has 1 heterocycles. The van der Waals surface area contributed by atoms with Gasteiger partial charge in [0, 0.05) is 17.1 Å². The number of hydrogen-bond donors (Lipinski definition) is 1. The summed E-state index contributed by atoms with van der Waals surface area (Å²) >= 11 is 6.65. The quantitative estimate of drug-likeness (QED) is 0.325. The van der Waals surface area contributed by atoms with Crippen molar-refractivity contribution in [3.8, 4) is 5.75 Å². The second-order valence-electron chi connectivity index (χ2n) is 5.73. The van der Waals surface area contributed by atoms with Gasteiger partial charge in [-0.3, -0.25) is 9.69 Å². The summed E-state index contributed by atoms with van der Waals surface area (Å²) in [6, 6.07) is 10.1. The van der Waals surface area contributed by atoms with Crippen molar-refractivity contribution in [3.63, 3.8) is 0 Å². The van der Waals surface area contributed by atoms with Gasteiger partial charge in [0.1, 0.15) is 5.75 Å². The monoisotopic (exact) mass is 572 g/mol. The molecule has 0 unspecified atom stereocenters. The molecule has 2 aromatic rings. The standard InChI is InChI=1S/C19H14BrIN2O4S/c1-23-17(25)15(8-11-7-12(20)9-14(21)16(11)24)28-19(23)22-13-5-3-10(4-6-13)18(26)27-2/h3-9,24H,1-2H3. The molecule has 1 N–H and O–H groups in total. The predicted molar refractivity (Wildman–Crippen MR) is 122 cm³/mol. The lowest BCUT2D eigenvalue weighted by Gasteiger charge is -2.07. The maximum absolute atomic E-state index is 12.6. The summed E-state index contributed by atoms with van der Waals surface area (Å²) in [5, 5.41) is 10.8. The molecule has 144 valence electrons. The van der Waals surface area contributed by atoms with Crippen LogP contribution >= 0.6 is 50.3 Å². The van der Waals surface area contributed by atoms with E-state index in [0.29, 0.717) is 30.5 Å². The van der Waals surface area contributed by atoms with Gasteiger partial charge in [0.25, 0.3) is 5.91 Å². The molecule has 9 heteroatoms. The Labute approximate surface area is 187 Å². The number of phenols is 1. The van der Waals surface area contributed by atoms with Crippen LogP contribution in [-0.2, 0) is 9.53 Å². The van der Waals surface area contributed by atoms with Crippen LogP contribution < -0.4 is 0 Å². The molecule has 1 saturated heterocycles. The Morgan fingerprint density at radius 2 is 2.00 bits per heavy atom. The maximum atomic E-state index is 12.6. The number of benzene rings is 2. The third-order valence-corrected chi connectivity index (χ3v) is 6.20. The Hall–Kier alpha value is -1.85. The number of amides is 1. The van der Waals surface area contributed by atoms with Crippen LogP contribution in [0.4, 0.5) is 5.69 Å². The fraction of sp³-hybridized carbons (Fsp3) is 0.105. The first-order chi connectivity index (χ1) is 13.3. The molecule has 0 aromatic heterocycles. The van der Waals surface area contributed by atoms with Gasteiger partial charge >= 0.3 is 5.97 Å². The minimum Gasteiger partial charge on any atom is -0.506 e. The number of ether oxygens (including phenoxy) is 1. The highest BCUT2D eigenvalue weighted by molar-refractivity contribution is 14.1. The molecular formula is C19H14BrIN2O4S. The molecule has 1 fully saturated rings. The zero-order chi connectivity index (χ0) is 20.4. The SMILES string of the molecule is COC(=O)c1ccc(N=C2SC(=Cc3cc(Br)cc(I)c3O)C(=O)N2C)cc1. The Morgan fingerprint density at radius 3 is 2.64 bits per heavy atom. The minimum atomic E-state index is -0.421. The summed E-state index contributed by atoms with van der Waals surface area (Å²) in [6.07, 6.45) is 1.65. The van der Waals surface area contributed by atoms with Crippen molar-refractivity contribution >= 4 is 79.1 Å². The number of hydrogen-bond acceptors (Lipinski definition) is 6. The molecule has 1 amide bonds. The Morgan fingerprint density at radius 1 is 1.32 bits per heavy atom. The van der Waals surface area contributed by atoms with E-state index in [2.05, 4.69) is 25.7 Å². The van der Waals surface area contributed by atoms with E-state index >= 15 is 0 Å². The molecule has 0 atom stereocenters. The number of thioether (sulfide) groups is 1. The molecular weight excluding hydrogens is 559 g/mol. The van der Waals surface area contributed by atoms with Gasteiger partial charge in [-0.05, 0) is 76.8 Å². The molecule has 1 aliphatic rings. The van der Waals surface area contributed by atoms with E-state index in [4.69, 9.17) is 0 Å². The number of rotatable bonds is 3. The average molecular weight is 573 g/mol. The van der Waals surface area contributed by atoms with Crippen molar-refractivity contribution in [1.29, 1.82) is 0 Å². The van der Waals surface area contributed by atoms with E-state index < -0.39 is 5.97 Å². The Balaban J connectivity index is 1.89. The lowest BCUT2D eigenvalue weighted by Crippen LogP contribution is -2.23. The molecule has 0 spiro atoms. The Kier molecular flexibility index (Phi) is 6.46. The number of amidine groups is 1. The highest BCUT2D eigenvalue weighted by Crippen LogP contribution is 2.36. The Bertz CT molecular complexity index is 1020. The molecule has 0 saturated carbocycles. The number of likely N-dealkylation sites (N-methyl/N-ethyl adjacent to an activating group) is 1. The number of esters is 1. The third-order valence-electron chi connectivity index (χ3n) is 3.86. The summed E-state index contributed by atoms with van der Waals surface area (Å²) in [4.78, 5) is 30.5. The third kappa shape index (κ3) is 4.41. The first kappa shape index (κ1) is 20.9. The topological polar surface area (TPSA) is 79.2 Å². The van der Waals surface area contributed by atoms with E-state index in [0.717, 1.165) is 4.47 Å². The number of phenolic OH excluding ortho intramolecular Hbond substituents is 1. The zero-order valence-electron chi connectivity index (χ0n) is 14.8. The largest absolute Gasteiger partial charge is 0.506 e. The van der Waals surface area contributed by atoms with Gasteiger partial charge in [0.15, 0.2) is 5.17 Å². The van der Waals surface area contributed by atoms with Gasteiger partial charge in [-0.15, -0.1) is 0 Å². The first-order valence-electron chi connectivity index (χ1n) is 7.93. The van der Waals surface area contributed by atoms with Crippen LogP contribution in [0.25, 0.3) is 6.08 Å². The fourth-order valence-electron chi connectivity index (χ4n) is 2.39. The minimum absolute atomic E-state index is 0.121. The van der Waals surface area contributed by atoms with Gasteiger partial charge in [-0.25, -0.2) is 9.79 Å². The van der Waals surface area contributed by atoms with Crippen LogP contribution in [0.2, 0.25) is 0 Å². The van der Waals surface area contributed by atoms with Gasteiger partial charge in [0.2, 0.25) is 0 Å². The van der Waals surface area contributed by atoms with Crippen molar-refractivity contribution < 1.29 is 19.4 Å². The number of nitrogens with zero attached hydrogens (tertiary/aromatic N) is 2. The molecule has 0 aliphatic carbocycles. The summed E-state index contributed by atoms with van der Waals surface area (Å²) in [7, 11) is 2.96. The van der Waals surface area contributed by atoms with Gasteiger partial charge in [0.05, 0.1) is 26.8 Å². The van der Waals surface area contributed by atoms with Crippen LogP contribution in [0.3, 0.4) is 0 Å². The number of halogens is 2. The van der Waals surface area contributed by atoms with Crippen LogP contribution in [0.5, 0.6) is 5.75 Å². The number of carbonyl (C=O) groups excluding carboxylic acids is 2. The highest BCUT2D eigenvalue weighted by atomic mass is 127. The number of methoxy groups -OCH3 is 1. The summed E-state index contributed by atoms with van der Waals surface area (Å²) in [5.74, 6) is -0.504. The smallest absolute Gasteiger partial charge is 0.337 e. The van der Waals surface area contributed by atoms with E-state index in [1.54, 1.807) is 49.5 Å². The average Bonchev–Trinajstić information content (AvgIpc) is 2.93. The van der Waals surface area contributed by atoms with Gasteiger partial charge in [-0.1, -0.05) is 15.9 Å². The van der Waals surface area contributed by atoms with Crippen molar-refractivity contribution in [2.24, 2.45) is 4.99 Å². The highest BCUT2D eigenvalue weighted by Gasteiger charge is 2.30. The second kappa shape index (κ2) is 8.66. The van der Waals surface area contributed by atoms with E-state index in [1.807, 2.05) is 22.6 Å². The summed E-state index contributed by atoms with van der Waals surface area (Å²) in [5.41, 5.74) is 1.58. The number of aliphatic imine (C=N–C) groups is 1. The first-order valence-corrected chi connectivity index (χ1v) is 10.6. The van der Waals surface area contributed by atoms with Crippen LogP contribution in [0.1, 0.15) is 15.9 Å². The van der Waals surface area contributed by atoms with Crippen molar-refractivity contribution in [2.45, 2.75) is 0 Å². The van der Waals surface area contributed by atoms with Gasteiger partial charge in [-0.2, -0.15) is 0 Å².